The molecule has 0 saturated heterocycles. The molecule has 3 heteroatoms. The summed E-state index contributed by atoms with van der Waals surface area (Å²) in [5.74, 6) is 0. The van der Waals surface area contributed by atoms with Gasteiger partial charge in [-0.3, -0.25) is 0 Å². The van der Waals surface area contributed by atoms with Gasteiger partial charge in [-0.05, 0) is 6.92 Å². The van der Waals surface area contributed by atoms with E-state index >= 15 is 0 Å². The van der Waals surface area contributed by atoms with Crippen molar-refractivity contribution in [3.8, 4) is 0 Å². The van der Waals surface area contributed by atoms with E-state index in [-0.39, 0.29) is 0 Å². The topological polar surface area (TPSA) is 34.0 Å². The summed E-state index contributed by atoms with van der Waals surface area (Å²) in [5, 5.41) is 6.63. The van der Waals surface area contributed by atoms with Gasteiger partial charge in [0.15, 0.2) is 0 Å². The molecule has 0 rings (SSSR count). The molecule has 7 heavy (non-hydrogen) atoms. The van der Waals surface area contributed by atoms with Gasteiger partial charge >= 0.3 is 0 Å². The van der Waals surface area contributed by atoms with E-state index in [0.29, 0.717) is 0 Å². The first-order chi connectivity index (χ1) is 3.41. The van der Waals surface area contributed by atoms with E-state index < -0.39 is 0 Å². The maximum Gasteiger partial charge on any atom is 0.108 e. The normalized spacial score (nSPS) is 11.1. The first-order valence-electron chi connectivity index (χ1n) is 1.96. The lowest BCUT2D eigenvalue weighted by molar-refractivity contribution is 0.190. The summed E-state index contributed by atoms with van der Waals surface area (Å²) < 4.78 is 0. The van der Waals surface area contributed by atoms with Crippen LogP contribution in [0.15, 0.2) is 22.7 Å². The Bertz CT molecular complexity index is 77.8. The Morgan fingerprint density at radius 2 is 2.29 bits per heavy atom. The van der Waals surface area contributed by atoms with Gasteiger partial charge in [-0.2, -0.15) is 0 Å². The van der Waals surface area contributed by atoms with E-state index in [2.05, 4.69) is 15.2 Å². The fourth-order valence-electron chi connectivity index (χ4n) is 0.141. The van der Waals surface area contributed by atoms with Crippen molar-refractivity contribution in [2.75, 3.05) is 7.11 Å². The van der Waals surface area contributed by atoms with Crippen LogP contribution in [0.1, 0.15) is 6.92 Å². The van der Waals surface area contributed by atoms with Crippen molar-refractivity contribution < 1.29 is 4.84 Å². The molecule has 0 aliphatic heterocycles. The quantitative estimate of drug-likeness (QED) is 0.382. The van der Waals surface area contributed by atoms with Crippen molar-refractivity contribution in [3.05, 3.63) is 12.3 Å². The Morgan fingerprint density at radius 3 is 2.71 bits per heavy atom. The van der Waals surface area contributed by atoms with E-state index in [0.717, 1.165) is 0 Å². The molecular weight excluding hydrogens is 92.1 g/mol. The molecule has 0 spiro atoms. The number of hydrogen-bond acceptors (Lipinski definition) is 3. The average molecular weight is 100 g/mol. The Hall–Kier alpha value is -0.860. The summed E-state index contributed by atoms with van der Waals surface area (Å²) in [6.45, 7) is 1.86. The van der Waals surface area contributed by atoms with Crippen LogP contribution in [0.2, 0.25) is 0 Å². The standard InChI is InChI=1S/C4H8N2O/c1-3-4-5-6-7-2/h3-4H,1-2H3/b4-3-,6-5-. The molecular formula is C4H8N2O. The third-order valence-corrected chi connectivity index (χ3v) is 0.345. The zero-order valence-electron chi connectivity index (χ0n) is 4.46. The summed E-state index contributed by atoms with van der Waals surface area (Å²) >= 11 is 0. The van der Waals surface area contributed by atoms with Gasteiger partial charge in [-0.1, -0.05) is 6.08 Å². The van der Waals surface area contributed by atoms with Gasteiger partial charge in [0.05, 0.1) is 0 Å². The molecule has 0 aliphatic carbocycles. The predicted molar refractivity (Wildman–Crippen MR) is 26.7 cm³/mol. The molecule has 0 saturated carbocycles. The van der Waals surface area contributed by atoms with Crippen LogP contribution in [0.5, 0.6) is 0 Å². The molecule has 0 atom stereocenters. The van der Waals surface area contributed by atoms with Crippen LogP contribution in [0, 0.1) is 0 Å². The molecule has 0 radical (unpaired) electrons. The number of nitrogens with zero attached hydrogens (tertiary/aromatic N) is 2. The Labute approximate surface area is 42.7 Å². The Kier molecular flexibility index (Phi) is 4.51. The zero-order valence-corrected chi connectivity index (χ0v) is 4.46. The van der Waals surface area contributed by atoms with Gasteiger partial charge < -0.3 is 4.84 Å². The number of hydrogen-bond donors (Lipinski definition) is 0. The predicted octanol–water partition coefficient (Wildman–Crippen LogP) is 1.53. The van der Waals surface area contributed by atoms with Gasteiger partial charge in [0.2, 0.25) is 0 Å². The minimum atomic E-state index is 1.45. The number of rotatable bonds is 2. The second-order valence-electron chi connectivity index (χ2n) is 0.862. The van der Waals surface area contributed by atoms with Gasteiger partial charge in [-0.15, -0.1) is 5.11 Å². The second-order valence-corrected chi connectivity index (χ2v) is 0.862. The highest BCUT2D eigenvalue weighted by Crippen LogP contribution is 1.75. The van der Waals surface area contributed by atoms with Crippen molar-refractivity contribution in [1.82, 2.24) is 0 Å². The Morgan fingerprint density at radius 1 is 1.57 bits per heavy atom. The van der Waals surface area contributed by atoms with E-state index in [1.807, 2.05) is 6.92 Å². The van der Waals surface area contributed by atoms with Crippen LogP contribution in [-0.4, -0.2) is 7.11 Å². The molecule has 0 fully saturated rings. The summed E-state index contributed by atoms with van der Waals surface area (Å²) in [6.07, 6.45) is 3.31. The highest BCUT2D eigenvalue weighted by molar-refractivity contribution is 4.70. The second kappa shape index (κ2) is 5.14. The third-order valence-electron chi connectivity index (χ3n) is 0.345. The van der Waals surface area contributed by atoms with Crippen molar-refractivity contribution in [2.24, 2.45) is 10.4 Å². The van der Waals surface area contributed by atoms with Crippen molar-refractivity contribution >= 4 is 0 Å². The SMILES string of the molecule is C/C=C\N=N/OC. The van der Waals surface area contributed by atoms with Crippen LogP contribution < -0.4 is 0 Å². The highest BCUT2D eigenvalue weighted by atomic mass is 16.6. The van der Waals surface area contributed by atoms with Gasteiger partial charge in [0.25, 0.3) is 0 Å². The molecule has 0 N–H and O–H groups in total. The molecule has 40 valence electrons. The lowest BCUT2D eigenvalue weighted by Crippen LogP contribution is -1.58. The van der Waals surface area contributed by atoms with Crippen LogP contribution in [-0.2, 0) is 4.84 Å². The molecule has 0 aromatic heterocycles. The maximum atomic E-state index is 4.25. The van der Waals surface area contributed by atoms with E-state index in [1.165, 1.54) is 7.11 Å². The van der Waals surface area contributed by atoms with E-state index in [9.17, 15) is 0 Å². The van der Waals surface area contributed by atoms with Gasteiger partial charge in [0, 0.05) is 11.5 Å². The fourth-order valence-corrected chi connectivity index (χ4v) is 0.141. The summed E-state index contributed by atoms with van der Waals surface area (Å²) in [4.78, 5) is 4.25. The summed E-state index contributed by atoms with van der Waals surface area (Å²) in [6, 6.07) is 0. The molecule has 0 bridgehead atoms. The minimum Gasteiger partial charge on any atom is -0.383 e. The smallest absolute Gasteiger partial charge is 0.108 e. The average Bonchev–Trinajstić information content (AvgIpc) is 1.69. The number of allylic oxidation sites excluding steroid dienone is 1. The molecule has 3 nitrogen and oxygen atoms in total. The monoisotopic (exact) mass is 100 g/mol. The van der Waals surface area contributed by atoms with Crippen molar-refractivity contribution in [3.63, 3.8) is 0 Å². The van der Waals surface area contributed by atoms with E-state index in [4.69, 9.17) is 0 Å². The van der Waals surface area contributed by atoms with Crippen LogP contribution in [0.25, 0.3) is 0 Å². The molecule has 0 aliphatic rings. The van der Waals surface area contributed by atoms with Crippen molar-refractivity contribution in [1.29, 1.82) is 0 Å². The third kappa shape index (κ3) is 5.14. The van der Waals surface area contributed by atoms with Gasteiger partial charge in [-0.25, -0.2) is 0 Å². The first kappa shape index (κ1) is 6.14. The molecule has 0 heterocycles. The molecule has 0 aromatic carbocycles. The zero-order chi connectivity index (χ0) is 5.54. The van der Waals surface area contributed by atoms with Crippen LogP contribution in [0.4, 0.5) is 0 Å². The molecule has 0 aromatic rings. The highest BCUT2D eigenvalue weighted by Gasteiger charge is 1.56. The minimum absolute atomic E-state index is 1.45. The molecule has 0 unspecified atom stereocenters. The van der Waals surface area contributed by atoms with E-state index in [1.54, 1.807) is 12.3 Å². The van der Waals surface area contributed by atoms with Crippen LogP contribution in [0.3, 0.4) is 0 Å². The lowest BCUT2D eigenvalue weighted by Gasteiger charge is -1.75. The maximum absolute atomic E-state index is 4.25. The Balaban J connectivity index is 3.09. The van der Waals surface area contributed by atoms with Crippen molar-refractivity contribution in [2.45, 2.75) is 6.92 Å². The summed E-state index contributed by atoms with van der Waals surface area (Å²) in [7, 11) is 1.45. The summed E-state index contributed by atoms with van der Waals surface area (Å²) in [5.41, 5.74) is 0. The first-order valence-corrected chi connectivity index (χ1v) is 1.96. The van der Waals surface area contributed by atoms with Crippen LogP contribution >= 0.6 is 0 Å². The fraction of sp³-hybridized carbons (Fsp3) is 0.500. The largest absolute Gasteiger partial charge is 0.383 e. The molecule has 0 amide bonds. The van der Waals surface area contributed by atoms with Gasteiger partial charge in [0.1, 0.15) is 7.11 Å². The lowest BCUT2D eigenvalue weighted by atomic mass is 10.7.